The number of rotatable bonds is 5. The Morgan fingerprint density at radius 2 is 1.71 bits per heavy atom. The topological polar surface area (TPSA) is 96.5 Å². The average molecular weight is 567 g/mol. The van der Waals surface area contributed by atoms with Crippen LogP contribution < -0.4 is 20.7 Å². The summed E-state index contributed by atoms with van der Waals surface area (Å²) in [6, 6.07) is 9.14. The molecule has 0 bridgehead atoms. The number of nitrogens with one attached hydrogen (secondary N) is 3. The molecule has 3 N–H and O–H groups in total. The molecule has 0 aromatic heterocycles. The van der Waals surface area contributed by atoms with Crippen molar-refractivity contribution < 1.29 is 19.1 Å². The molecule has 0 radical (unpaired) electrons. The number of benzene rings is 2. The molecule has 0 saturated carbocycles. The van der Waals surface area contributed by atoms with Gasteiger partial charge in [-0.2, -0.15) is 0 Å². The van der Waals surface area contributed by atoms with Crippen LogP contribution in [0.1, 0.15) is 16.7 Å². The minimum atomic E-state index is -0.579. The highest BCUT2D eigenvalue weighted by Gasteiger charge is 2.25. The molecule has 160 valence electrons. The third-order valence-corrected chi connectivity index (χ3v) is 5.67. The van der Waals surface area contributed by atoms with Crippen molar-refractivity contribution in [2.75, 3.05) is 11.9 Å². The van der Waals surface area contributed by atoms with Crippen molar-refractivity contribution in [3.05, 3.63) is 61.5 Å². The Bertz CT molecular complexity index is 1100. The van der Waals surface area contributed by atoms with Crippen molar-refractivity contribution in [3.63, 3.8) is 0 Å². The van der Waals surface area contributed by atoms with Gasteiger partial charge in [-0.05, 0) is 98.9 Å². The Kier molecular flexibility index (Phi) is 7.24. The van der Waals surface area contributed by atoms with Crippen LogP contribution in [0, 0.1) is 13.8 Å². The predicted octanol–water partition coefficient (Wildman–Crippen LogP) is 3.76. The zero-order valence-electron chi connectivity index (χ0n) is 16.5. The van der Waals surface area contributed by atoms with E-state index in [1.807, 2.05) is 32.0 Å². The third-order valence-electron chi connectivity index (χ3n) is 4.29. The van der Waals surface area contributed by atoms with E-state index in [-0.39, 0.29) is 23.2 Å². The quantitative estimate of drug-likeness (QED) is 0.291. The van der Waals surface area contributed by atoms with Gasteiger partial charge in [0.15, 0.2) is 11.7 Å². The third kappa shape index (κ3) is 5.78. The van der Waals surface area contributed by atoms with E-state index in [0.29, 0.717) is 20.3 Å². The second-order valence-electron chi connectivity index (χ2n) is 6.76. The van der Waals surface area contributed by atoms with Gasteiger partial charge in [-0.3, -0.25) is 25.0 Å². The van der Waals surface area contributed by atoms with Gasteiger partial charge in [0.2, 0.25) is 0 Å². The lowest BCUT2D eigenvalue weighted by Gasteiger charge is -2.16. The van der Waals surface area contributed by atoms with Crippen molar-refractivity contribution in [2.45, 2.75) is 13.8 Å². The molecule has 2 aromatic rings. The highest BCUT2D eigenvalue weighted by molar-refractivity contribution is 9.11. The van der Waals surface area contributed by atoms with Gasteiger partial charge in [-0.1, -0.05) is 12.1 Å². The zero-order valence-corrected chi connectivity index (χ0v) is 20.5. The summed E-state index contributed by atoms with van der Waals surface area (Å²) in [5.74, 6) is -1.05. The molecule has 0 atom stereocenters. The van der Waals surface area contributed by atoms with Gasteiger partial charge in [-0.15, -0.1) is 0 Å². The number of anilines is 1. The molecule has 1 aliphatic rings. The number of carbonyl (C=O) groups excluding carboxylic acids is 3. The predicted molar refractivity (Wildman–Crippen MR) is 129 cm³/mol. The first-order chi connectivity index (χ1) is 14.6. The summed E-state index contributed by atoms with van der Waals surface area (Å²) in [5.41, 5.74) is 3.22. The van der Waals surface area contributed by atoms with Gasteiger partial charge in [0, 0.05) is 5.69 Å². The number of thiocarbonyl (C=S) groups is 1. The molecule has 7 nitrogen and oxygen atoms in total. The number of amides is 3. The van der Waals surface area contributed by atoms with E-state index < -0.39 is 11.8 Å². The minimum Gasteiger partial charge on any atom is -0.481 e. The van der Waals surface area contributed by atoms with E-state index in [9.17, 15) is 14.4 Å². The molecule has 1 fully saturated rings. The van der Waals surface area contributed by atoms with Gasteiger partial charge < -0.3 is 10.1 Å². The molecule has 0 unspecified atom stereocenters. The maximum atomic E-state index is 12.3. The van der Waals surface area contributed by atoms with Crippen molar-refractivity contribution in [3.8, 4) is 5.75 Å². The summed E-state index contributed by atoms with van der Waals surface area (Å²) in [4.78, 5) is 36.3. The Hall–Kier alpha value is -2.56. The van der Waals surface area contributed by atoms with Crippen LogP contribution in [0.3, 0.4) is 0 Å². The Morgan fingerprint density at radius 3 is 2.32 bits per heavy atom. The molecule has 1 saturated heterocycles. The maximum absolute atomic E-state index is 12.3. The van der Waals surface area contributed by atoms with Crippen molar-refractivity contribution in [2.24, 2.45) is 0 Å². The largest absolute Gasteiger partial charge is 0.481 e. The molecular formula is C21H17Br2N3O4S. The monoisotopic (exact) mass is 565 g/mol. The summed E-state index contributed by atoms with van der Waals surface area (Å²) in [5, 5.41) is 7.57. The van der Waals surface area contributed by atoms with Gasteiger partial charge in [0.25, 0.3) is 17.7 Å². The van der Waals surface area contributed by atoms with Crippen LogP contribution in [0.25, 0.3) is 6.08 Å². The van der Waals surface area contributed by atoms with Gasteiger partial charge in [0.1, 0.15) is 11.3 Å². The molecule has 31 heavy (non-hydrogen) atoms. The highest BCUT2D eigenvalue weighted by atomic mass is 79.9. The number of aryl methyl sites for hydroxylation is 2. The highest BCUT2D eigenvalue weighted by Crippen LogP contribution is 2.35. The summed E-state index contributed by atoms with van der Waals surface area (Å²) in [7, 11) is 0. The van der Waals surface area contributed by atoms with E-state index >= 15 is 0 Å². The fourth-order valence-electron chi connectivity index (χ4n) is 2.77. The molecule has 0 aliphatic carbocycles. The molecule has 3 rings (SSSR count). The molecular weight excluding hydrogens is 550 g/mol. The number of hydrogen-bond acceptors (Lipinski definition) is 5. The normalized spacial score (nSPS) is 13.4. The zero-order chi connectivity index (χ0) is 22.7. The van der Waals surface area contributed by atoms with Crippen molar-refractivity contribution in [1.29, 1.82) is 0 Å². The number of halogens is 2. The van der Waals surface area contributed by atoms with E-state index in [4.69, 9.17) is 17.0 Å². The summed E-state index contributed by atoms with van der Waals surface area (Å²) in [6.07, 6.45) is 1.43. The second kappa shape index (κ2) is 9.71. The van der Waals surface area contributed by atoms with E-state index in [1.54, 1.807) is 12.1 Å². The smallest absolute Gasteiger partial charge is 0.263 e. The fraction of sp³-hybridized carbons (Fsp3) is 0.143. The molecule has 1 heterocycles. The summed E-state index contributed by atoms with van der Waals surface area (Å²) >= 11 is 11.6. The van der Waals surface area contributed by atoms with Gasteiger partial charge in [0.05, 0.1) is 8.95 Å². The minimum absolute atomic E-state index is 0.0302. The Labute approximate surface area is 200 Å². The van der Waals surface area contributed by atoms with E-state index in [0.717, 1.165) is 16.8 Å². The lowest BCUT2D eigenvalue weighted by atomic mass is 10.1. The molecule has 10 heteroatoms. The molecule has 0 spiro atoms. The van der Waals surface area contributed by atoms with Crippen LogP contribution >= 0.6 is 44.1 Å². The van der Waals surface area contributed by atoms with Crippen LogP contribution in [0.15, 0.2) is 44.9 Å². The molecule has 1 aliphatic heterocycles. The Morgan fingerprint density at radius 1 is 1.10 bits per heavy atom. The second-order valence-corrected chi connectivity index (χ2v) is 8.88. The number of hydrogen-bond donors (Lipinski definition) is 3. The first-order valence-corrected chi connectivity index (χ1v) is 11.0. The van der Waals surface area contributed by atoms with Gasteiger partial charge in [-0.25, -0.2) is 0 Å². The van der Waals surface area contributed by atoms with E-state index in [1.165, 1.54) is 6.08 Å². The maximum Gasteiger partial charge on any atom is 0.263 e. The lowest BCUT2D eigenvalue weighted by Crippen LogP contribution is -2.51. The van der Waals surface area contributed by atoms with Crippen LogP contribution in [-0.2, 0) is 14.4 Å². The number of ether oxygens (including phenoxy) is 1. The fourth-order valence-corrected chi connectivity index (χ4v) is 4.40. The number of carbonyl (C=O) groups is 3. The SMILES string of the molecule is Cc1ccc(C)c(NC(=O)COc2c(Br)cc(C=C3C(=O)NC(=S)NC3=O)cc2Br)c1. The molecule has 3 amide bonds. The van der Waals surface area contributed by atoms with Crippen LogP contribution in [-0.4, -0.2) is 29.4 Å². The Balaban J connectivity index is 1.72. The van der Waals surface area contributed by atoms with Crippen LogP contribution in [0.2, 0.25) is 0 Å². The van der Waals surface area contributed by atoms with Crippen molar-refractivity contribution >= 4 is 78.7 Å². The summed E-state index contributed by atoms with van der Waals surface area (Å²) < 4.78 is 6.75. The first kappa shape index (κ1) is 23.1. The van der Waals surface area contributed by atoms with Gasteiger partial charge >= 0.3 is 0 Å². The molecule has 2 aromatic carbocycles. The van der Waals surface area contributed by atoms with Crippen LogP contribution in [0.4, 0.5) is 5.69 Å². The first-order valence-electron chi connectivity index (χ1n) is 9.01. The average Bonchev–Trinajstić information content (AvgIpc) is 2.67. The standard InChI is InChI=1S/C21H17Br2N3O4S/c1-10-3-4-11(2)16(5-10)24-17(27)9-30-18-14(22)7-12(8-15(18)23)6-13-19(28)25-21(31)26-20(13)29/h3-8H,9H2,1-2H3,(H,24,27)(H2,25,26,28,29,31). The summed E-state index contributed by atoms with van der Waals surface area (Å²) in [6.45, 7) is 3.66. The van der Waals surface area contributed by atoms with Crippen LogP contribution in [0.5, 0.6) is 5.75 Å². The lowest BCUT2D eigenvalue weighted by molar-refractivity contribution is -0.123. The van der Waals surface area contributed by atoms with E-state index in [2.05, 4.69) is 47.8 Å². The van der Waals surface area contributed by atoms with Crippen molar-refractivity contribution in [1.82, 2.24) is 10.6 Å².